The summed E-state index contributed by atoms with van der Waals surface area (Å²) >= 11 is 0. The minimum absolute atomic E-state index is 0.466. The second-order valence-corrected chi connectivity index (χ2v) is 4.84. The number of ether oxygens (including phenoxy) is 2. The number of aliphatic imine (C=N–C) groups is 1. The largest absolute Gasteiger partial charge is 0.496 e. The zero-order valence-corrected chi connectivity index (χ0v) is 11.7. The van der Waals surface area contributed by atoms with Gasteiger partial charge in [-0.05, 0) is 50.8 Å². The van der Waals surface area contributed by atoms with Gasteiger partial charge in [0.2, 0.25) is 6.08 Å². The highest BCUT2D eigenvalue weighted by molar-refractivity contribution is 5.51. The van der Waals surface area contributed by atoms with Crippen molar-refractivity contribution in [2.24, 2.45) is 4.99 Å². The number of isocyanates is 1. The molecular formula is C15H19NO3. The van der Waals surface area contributed by atoms with E-state index in [1.54, 1.807) is 13.2 Å². The minimum Gasteiger partial charge on any atom is -0.496 e. The fraction of sp³-hybridized carbons (Fsp3) is 0.533. The second-order valence-electron chi connectivity index (χ2n) is 4.84. The normalized spacial score (nSPS) is 16.2. The van der Waals surface area contributed by atoms with E-state index in [9.17, 15) is 4.79 Å². The lowest BCUT2D eigenvalue weighted by atomic mass is 9.72. The molecule has 0 heterocycles. The van der Waals surface area contributed by atoms with E-state index in [-0.39, 0.29) is 0 Å². The molecule has 4 heteroatoms. The van der Waals surface area contributed by atoms with Gasteiger partial charge in [-0.25, -0.2) is 4.79 Å². The van der Waals surface area contributed by atoms with Crippen molar-refractivity contribution < 1.29 is 14.3 Å². The first-order chi connectivity index (χ1) is 9.16. The van der Waals surface area contributed by atoms with Crippen LogP contribution in [0.25, 0.3) is 0 Å². The zero-order valence-electron chi connectivity index (χ0n) is 11.7. The third kappa shape index (κ3) is 2.36. The van der Waals surface area contributed by atoms with Crippen LogP contribution in [0.4, 0.5) is 0 Å². The van der Waals surface area contributed by atoms with Gasteiger partial charge < -0.3 is 9.47 Å². The van der Waals surface area contributed by atoms with Crippen molar-refractivity contribution in [1.29, 1.82) is 0 Å². The van der Waals surface area contributed by atoms with Crippen LogP contribution in [0.5, 0.6) is 11.5 Å². The summed E-state index contributed by atoms with van der Waals surface area (Å²) in [6, 6.07) is 3.90. The van der Waals surface area contributed by atoms with Crippen LogP contribution in [0.15, 0.2) is 17.1 Å². The highest BCUT2D eigenvalue weighted by Crippen LogP contribution is 2.49. The van der Waals surface area contributed by atoms with Crippen LogP contribution in [0.3, 0.4) is 0 Å². The maximum Gasteiger partial charge on any atom is 0.235 e. The predicted octanol–water partition coefficient (Wildman–Crippen LogP) is 3.12. The number of rotatable bonds is 5. The molecule has 0 atom stereocenters. The van der Waals surface area contributed by atoms with E-state index < -0.39 is 5.54 Å². The van der Waals surface area contributed by atoms with E-state index in [1.165, 1.54) is 0 Å². The van der Waals surface area contributed by atoms with Gasteiger partial charge in [-0.1, -0.05) is 0 Å². The third-order valence-corrected chi connectivity index (χ3v) is 3.74. The van der Waals surface area contributed by atoms with E-state index in [0.717, 1.165) is 41.9 Å². The molecule has 4 nitrogen and oxygen atoms in total. The van der Waals surface area contributed by atoms with Gasteiger partial charge in [0.25, 0.3) is 0 Å². The number of hydrogen-bond donors (Lipinski definition) is 0. The minimum atomic E-state index is -0.466. The molecule has 1 aliphatic carbocycles. The van der Waals surface area contributed by atoms with Crippen LogP contribution in [0.1, 0.15) is 37.3 Å². The summed E-state index contributed by atoms with van der Waals surface area (Å²) in [6.07, 6.45) is 4.48. The number of hydrogen-bond acceptors (Lipinski definition) is 4. The van der Waals surface area contributed by atoms with Gasteiger partial charge in [0, 0.05) is 5.56 Å². The Morgan fingerprint density at radius 3 is 2.58 bits per heavy atom. The molecule has 0 radical (unpaired) electrons. The number of methoxy groups -OCH3 is 1. The summed E-state index contributed by atoms with van der Waals surface area (Å²) in [5.41, 5.74) is 1.48. The van der Waals surface area contributed by atoms with Gasteiger partial charge in [0.05, 0.1) is 13.7 Å². The Kier molecular flexibility index (Phi) is 3.91. The summed E-state index contributed by atoms with van der Waals surface area (Å²) in [4.78, 5) is 14.7. The van der Waals surface area contributed by atoms with Crippen molar-refractivity contribution in [3.05, 3.63) is 23.3 Å². The van der Waals surface area contributed by atoms with Crippen LogP contribution in [-0.4, -0.2) is 19.8 Å². The Morgan fingerprint density at radius 1 is 1.37 bits per heavy atom. The van der Waals surface area contributed by atoms with Crippen LogP contribution in [0.2, 0.25) is 0 Å². The summed E-state index contributed by atoms with van der Waals surface area (Å²) < 4.78 is 11.1. The molecule has 0 bridgehead atoms. The van der Waals surface area contributed by atoms with Crippen LogP contribution in [-0.2, 0) is 10.3 Å². The molecular weight excluding hydrogens is 242 g/mol. The number of benzene rings is 1. The smallest absolute Gasteiger partial charge is 0.235 e. The Labute approximate surface area is 113 Å². The summed E-state index contributed by atoms with van der Waals surface area (Å²) in [7, 11) is 1.63. The molecule has 0 amide bonds. The first-order valence-corrected chi connectivity index (χ1v) is 6.58. The van der Waals surface area contributed by atoms with E-state index in [2.05, 4.69) is 4.99 Å². The van der Waals surface area contributed by atoms with Gasteiger partial charge >= 0.3 is 0 Å². The number of carbonyl (C=O) groups excluding carboxylic acids is 1. The van der Waals surface area contributed by atoms with Crippen molar-refractivity contribution in [2.75, 3.05) is 13.7 Å². The van der Waals surface area contributed by atoms with Crippen LogP contribution < -0.4 is 9.47 Å². The molecule has 0 saturated heterocycles. The van der Waals surface area contributed by atoms with Crippen molar-refractivity contribution in [3.63, 3.8) is 0 Å². The van der Waals surface area contributed by atoms with Crippen LogP contribution in [0, 0.1) is 6.92 Å². The van der Waals surface area contributed by atoms with Crippen molar-refractivity contribution in [2.45, 2.75) is 38.6 Å². The molecule has 102 valence electrons. The predicted molar refractivity (Wildman–Crippen MR) is 72.6 cm³/mol. The zero-order chi connectivity index (χ0) is 13.9. The standard InChI is InChI=1S/C15H19NO3/c1-4-19-13-9-12(14(18-3)8-11(13)2)15(16-10-17)6-5-7-15/h8-9H,4-7H2,1-3H3. The maximum absolute atomic E-state index is 10.7. The molecule has 2 rings (SSSR count). The lowest BCUT2D eigenvalue weighted by Crippen LogP contribution is -2.32. The average molecular weight is 261 g/mol. The Bertz CT molecular complexity index is 514. The monoisotopic (exact) mass is 261 g/mol. The molecule has 0 unspecified atom stereocenters. The topological polar surface area (TPSA) is 47.9 Å². The molecule has 1 aromatic rings. The van der Waals surface area contributed by atoms with Gasteiger partial charge in [-0.3, -0.25) is 0 Å². The fourth-order valence-corrected chi connectivity index (χ4v) is 2.55. The van der Waals surface area contributed by atoms with E-state index in [1.807, 2.05) is 26.0 Å². The van der Waals surface area contributed by atoms with E-state index >= 15 is 0 Å². The molecule has 0 spiro atoms. The van der Waals surface area contributed by atoms with Gasteiger partial charge in [0.15, 0.2) is 0 Å². The summed E-state index contributed by atoms with van der Waals surface area (Å²) in [6.45, 7) is 4.54. The quantitative estimate of drug-likeness (QED) is 0.604. The first kappa shape index (κ1) is 13.6. The van der Waals surface area contributed by atoms with Gasteiger partial charge in [-0.2, -0.15) is 4.99 Å². The molecule has 1 aromatic carbocycles. The molecule has 1 saturated carbocycles. The molecule has 0 aliphatic heterocycles. The SMILES string of the molecule is CCOc1cc(C2(N=C=O)CCC2)c(OC)cc1C. The molecule has 1 aliphatic rings. The lowest BCUT2D eigenvalue weighted by molar-refractivity contribution is 0.244. The second kappa shape index (κ2) is 5.45. The van der Waals surface area contributed by atoms with Crippen molar-refractivity contribution >= 4 is 6.08 Å². The van der Waals surface area contributed by atoms with E-state index in [4.69, 9.17) is 9.47 Å². The first-order valence-electron chi connectivity index (χ1n) is 6.58. The molecule has 0 aromatic heterocycles. The average Bonchev–Trinajstić information content (AvgIpc) is 2.36. The highest BCUT2D eigenvalue weighted by atomic mass is 16.5. The highest BCUT2D eigenvalue weighted by Gasteiger charge is 2.41. The van der Waals surface area contributed by atoms with E-state index in [0.29, 0.717) is 6.61 Å². The fourth-order valence-electron chi connectivity index (χ4n) is 2.55. The Balaban J connectivity index is 2.53. The lowest BCUT2D eigenvalue weighted by Gasteiger charge is -2.38. The molecule has 19 heavy (non-hydrogen) atoms. The van der Waals surface area contributed by atoms with Crippen molar-refractivity contribution in [1.82, 2.24) is 0 Å². The van der Waals surface area contributed by atoms with Gasteiger partial charge in [-0.15, -0.1) is 0 Å². The number of nitrogens with zero attached hydrogens (tertiary/aromatic N) is 1. The van der Waals surface area contributed by atoms with Gasteiger partial charge in [0.1, 0.15) is 17.0 Å². The third-order valence-electron chi connectivity index (χ3n) is 3.74. The van der Waals surface area contributed by atoms with Crippen LogP contribution >= 0.6 is 0 Å². The number of aryl methyl sites for hydroxylation is 1. The summed E-state index contributed by atoms with van der Waals surface area (Å²) in [5.74, 6) is 1.59. The molecule has 0 N–H and O–H groups in total. The Morgan fingerprint density at radius 2 is 2.11 bits per heavy atom. The Hall–Kier alpha value is -1.80. The molecule has 1 fully saturated rings. The summed E-state index contributed by atoms with van der Waals surface area (Å²) in [5, 5.41) is 0. The van der Waals surface area contributed by atoms with Crippen molar-refractivity contribution in [3.8, 4) is 11.5 Å². The maximum atomic E-state index is 10.7.